The van der Waals surface area contributed by atoms with Crippen LogP contribution in [-0.4, -0.2) is 22.9 Å². The summed E-state index contributed by atoms with van der Waals surface area (Å²) in [5, 5.41) is 19.7. The molecule has 0 aliphatic heterocycles. The molecule has 0 saturated heterocycles. The maximum Gasteiger partial charge on any atom is 0.0568 e. The molecule has 24 heavy (non-hydrogen) atoms. The summed E-state index contributed by atoms with van der Waals surface area (Å²) in [6.45, 7) is 9.56. The van der Waals surface area contributed by atoms with Gasteiger partial charge in [0.15, 0.2) is 0 Å². The van der Waals surface area contributed by atoms with Gasteiger partial charge in [-0.05, 0) is 86.4 Å². The Hall–Kier alpha value is -0.0800. The van der Waals surface area contributed by atoms with Crippen molar-refractivity contribution in [1.82, 2.24) is 0 Å². The molecule has 0 spiro atoms. The van der Waals surface area contributed by atoms with Crippen molar-refractivity contribution in [1.29, 1.82) is 0 Å². The van der Waals surface area contributed by atoms with Crippen LogP contribution in [0.5, 0.6) is 0 Å². The van der Waals surface area contributed by atoms with Gasteiger partial charge in [-0.15, -0.1) is 0 Å². The van der Waals surface area contributed by atoms with Gasteiger partial charge in [0, 0.05) is 6.61 Å². The van der Waals surface area contributed by atoms with Crippen LogP contribution in [0.3, 0.4) is 0 Å². The van der Waals surface area contributed by atoms with E-state index in [1.54, 1.807) is 0 Å². The van der Waals surface area contributed by atoms with E-state index in [0.29, 0.717) is 12.5 Å². The van der Waals surface area contributed by atoms with Crippen molar-refractivity contribution in [3.63, 3.8) is 0 Å². The Bertz CT molecular complexity index is 365. The van der Waals surface area contributed by atoms with Gasteiger partial charge in [0.2, 0.25) is 0 Å². The summed E-state index contributed by atoms with van der Waals surface area (Å²) >= 11 is 0. The summed E-state index contributed by atoms with van der Waals surface area (Å²) in [7, 11) is 0. The Morgan fingerprint density at radius 1 is 1.08 bits per heavy atom. The van der Waals surface area contributed by atoms with Crippen molar-refractivity contribution >= 4 is 0 Å². The highest BCUT2D eigenvalue weighted by molar-refractivity contribution is 4.89. The zero-order chi connectivity index (χ0) is 17.7. The predicted octanol–water partition coefficient (Wildman–Crippen LogP) is 5.41. The highest BCUT2D eigenvalue weighted by Gasteiger charge is 2.38. The number of aliphatic hydroxyl groups is 2. The van der Waals surface area contributed by atoms with Crippen molar-refractivity contribution in [2.75, 3.05) is 6.61 Å². The largest absolute Gasteiger partial charge is 0.396 e. The van der Waals surface area contributed by atoms with Gasteiger partial charge in [-0.3, -0.25) is 0 Å². The third-order valence-electron chi connectivity index (χ3n) is 7.39. The summed E-state index contributed by atoms with van der Waals surface area (Å²) in [4.78, 5) is 0. The average Bonchev–Trinajstić information content (AvgIpc) is 2.91. The molecule has 0 aromatic heterocycles. The van der Waals surface area contributed by atoms with Gasteiger partial charge in [-0.25, -0.2) is 0 Å². The normalized spacial score (nSPS) is 33.2. The first-order valence-corrected chi connectivity index (χ1v) is 10.6. The van der Waals surface area contributed by atoms with Crippen LogP contribution in [0.15, 0.2) is 0 Å². The van der Waals surface area contributed by atoms with Gasteiger partial charge in [0.1, 0.15) is 0 Å². The van der Waals surface area contributed by atoms with Crippen molar-refractivity contribution < 1.29 is 10.2 Å². The lowest BCUT2D eigenvalue weighted by molar-refractivity contribution is 0.0575. The number of hydrogen-bond donors (Lipinski definition) is 2. The van der Waals surface area contributed by atoms with Crippen LogP contribution in [0.25, 0.3) is 0 Å². The second kappa shape index (κ2) is 9.03. The molecule has 2 rings (SSSR count). The predicted molar refractivity (Wildman–Crippen MR) is 102 cm³/mol. The molecule has 0 aromatic rings. The van der Waals surface area contributed by atoms with Gasteiger partial charge >= 0.3 is 0 Å². The van der Waals surface area contributed by atoms with Gasteiger partial charge < -0.3 is 10.2 Å². The third-order valence-corrected chi connectivity index (χ3v) is 7.39. The van der Waals surface area contributed by atoms with Crippen LogP contribution >= 0.6 is 0 Å². The maximum absolute atomic E-state index is 10.7. The Morgan fingerprint density at radius 3 is 2.54 bits per heavy atom. The molecular weight excluding hydrogens is 296 g/mol. The van der Waals surface area contributed by atoms with Gasteiger partial charge in [-0.1, -0.05) is 40.5 Å². The third kappa shape index (κ3) is 5.73. The van der Waals surface area contributed by atoms with Crippen LogP contribution in [0.1, 0.15) is 91.9 Å². The van der Waals surface area contributed by atoms with Crippen LogP contribution < -0.4 is 0 Å². The molecule has 6 atom stereocenters. The standard InChI is InChI=1S/C22H42O2/c1-16-6-8-19-14-18(7-9-20(16)19)15-21(24)17(2)10-12-22(3,4)11-5-13-23/h16-21,23-24H,5-15H2,1-4H3/t16-,17+,18-,19?,20?,21?/m0/s1. The summed E-state index contributed by atoms with van der Waals surface area (Å²) in [6, 6.07) is 0. The lowest BCUT2D eigenvalue weighted by Crippen LogP contribution is -2.28. The maximum atomic E-state index is 10.7. The fourth-order valence-electron chi connectivity index (χ4n) is 5.44. The zero-order valence-electron chi connectivity index (χ0n) is 16.6. The van der Waals surface area contributed by atoms with E-state index in [2.05, 4.69) is 27.7 Å². The van der Waals surface area contributed by atoms with Crippen molar-refractivity contribution in [2.24, 2.45) is 35.0 Å². The molecule has 0 amide bonds. The minimum Gasteiger partial charge on any atom is -0.396 e. The molecule has 0 aromatic carbocycles. The topological polar surface area (TPSA) is 40.5 Å². The molecule has 3 unspecified atom stereocenters. The van der Waals surface area contributed by atoms with Crippen LogP contribution in [-0.2, 0) is 0 Å². The SMILES string of the molecule is C[C@H](CCC(C)(C)CCCO)C(O)C[C@H]1CCC2C(CC[C@@H]2C)C1. The molecule has 2 N–H and O–H groups in total. The molecular formula is C22H42O2. The minimum absolute atomic E-state index is 0.126. The minimum atomic E-state index is -0.126. The monoisotopic (exact) mass is 338 g/mol. The highest BCUT2D eigenvalue weighted by atomic mass is 16.3. The molecule has 0 radical (unpaired) electrons. The van der Waals surface area contributed by atoms with Gasteiger partial charge in [0.05, 0.1) is 6.10 Å². The van der Waals surface area contributed by atoms with E-state index in [0.717, 1.165) is 55.8 Å². The van der Waals surface area contributed by atoms with Crippen molar-refractivity contribution in [2.45, 2.75) is 98.0 Å². The van der Waals surface area contributed by atoms with E-state index in [4.69, 9.17) is 5.11 Å². The molecule has 2 fully saturated rings. The molecule has 142 valence electrons. The van der Waals surface area contributed by atoms with E-state index >= 15 is 0 Å². The molecule has 2 saturated carbocycles. The Morgan fingerprint density at radius 2 is 1.83 bits per heavy atom. The number of fused-ring (bicyclic) bond motifs is 1. The Labute approximate surface area is 150 Å². The highest BCUT2D eigenvalue weighted by Crippen LogP contribution is 2.48. The van der Waals surface area contributed by atoms with E-state index in [1.165, 1.54) is 32.1 Å². The first-order valence-electron chi connectivity index (χ1n) is 10.6. The molecule has 2 heteroatoms. The fourth-order valence-corrected chi connectivity index (χ4v) is 5.44. The molecule has 2 aliphatic rings. The second-order valence-electron chi connectivity index (χ2n) is 9.97. The van der Waals surface area contributed by atoms with Crippen LogP contribution in [0.4, 0.5) is 0 Å². The first-order chi connectivity index (χ1) is 11.3. The summed E-state index contributed by atoms with van der Waals surface area (Å²) in [6.07, 6.45) is 12.1. The first kappa shape index (κ1) is 20.2. The molecule has 0 heterocycles. The fraction of sp³-hybridized carbons (Fsp3) is 1.00. The zero-order valence-corrected chi connectivity index (χ0v) is 16.6. The smallest absolute Gasteiger partial charge is 0.0568 e. The molecule has 2 aliphatic carbocycles. The number of hydrogen-bond acceptors (Lipinski definition) is 2. The lowest BCUT2D eigenvalue weighted by atomic mass is 9.71. The van der Waals surface area contributed by atoms with Crippen molar-refractivity contribution in [3.8, 4) is 0 Å². The van der Waals surface area contributed by atoms with Crippen LogP contribution in [0, 0.1) is 35.0 Å². The quantitative estimate of drug-likeness (QED) is 0.589. The molecule has 2 nitrogen and oxygen atoms in total. The van der Waals surface area contributed by atoms with Crippen molar-refractivity contribution in [3.05, 3.63) is 0 Å². The van der Waals surface area contributed by atoms with Gasteiger partial charge in [-0.2, -0.15) is 0 Å². The lowest BCUT2D eigenvalue weighted by Gasteiger charge is -2.35. The average molecular weight is 339 g/mol. The number of rotatable bonds is 9. The van der Waals surface area contributed by atoms with E-state index < -0.39 is 0 Å². The Balaban J connectivity index is 1.71. The van der Waals surface area contributed by atoms with E-state index in [-0.39, 0.29) is 11.5 Å². The van der Waals surface area contributed by atoms with Crippen LogP contribution in [0.2, 0.25) is 0 Å². The van der Waals surface area contributed by atoms with E-state index in [1.807, 2.05) is 0 Å². The van der Waals surface area contributed by atoms with Gasteiger partial charge in [0.25, 0.3) is 0 Å². The second-order valence-corrected chi connectivity index (χ2v) is 9.97. The molecule has 0 bridgehead atoms. The summed E-state index contributed by atoms with van der Waals surface area (Å²) in [5.74, 6) is 4.05. The van der Waals surface area contributed by atoms with E-state index in [9.17, 15) is 5.11 Å². The Kier molecular flexibility index (Phi) is 7.61. The summed E-state index contributed by atoms with van der Waals surface area (Å²) < 4.78 is 0. The summed E-state index contributed by atoms with van der Waals surface area (Å²) in [5.41, 5.74) is 0.286. The number of aliphatic hydroxyl groups excluding tert-OH is 2.